The van der Waals surface area contributed by atoms with E-state index in [-0.39, 0.29) is 10.6 Å². The fourth-order valence-corrected chi connectivity index (χ4v) is 5.92. The van der Waals surface area contributed by atoms with Crippen LogP contribution in [0.25, 0.3) is 11.0 Å². The zero-order valence-corrected chi connectivity index (χ0v) is 19.6. The van der Waals surface area contributed by atoms with E-state index in [9.17, 15) is 13.2 Å². The Morgan fingerprint density at radius 2 is 1.55 bits per heavy atom. The number of aryl methyl sites for hydroxylation is 3. The van der Waals surface area contributed by atoms with Crippen molar-refractivity contribution in [3.8, 4) is 0 Å². The predicted molar refractivity (Wildman–Crippen MR) is 125 cm³/mol. The highest BCUT2D eigenvalue weighted by Gasteiger charge is 2.29. The van der Waals surface area contributed by atoms with Crippen molar-refractivity contribution in [2.24, 2.45) is 0 Å². The zero-order chi connectivity index (χ0) is 22.3. The van der Waals surface area contributed by atoms with Gasteiger partial charge >= 0.3 is 5.69 Å². The van der Waals surface area contributed by atoms with E-state index in [4.69, 9.17) is 11.6 Å². The Labute approximate surface area is 187 Å². The van der Waals surface area contributed by atoms with E-state index < -0.39 is 10.0 Å². The molecule has 4 rings (SSSR count). The van der Waals surface area contributed by atoms with Crippen molar-refractivity contribution in [2.45, 2.75) is 38.8 Å². The minimum atomic E-state index is -3.66. The second-order valence-electron chi connectivity index (χ2n) is 7.74. The van der Waals surface area contributed by atoms with E-state index in [1.807, 2.05) is 39.0 Å². The van der Waals surface area contributed by atoms with Gasteiger partial charge in [-0.1, -0.05) is 17.7 Å². The number of hydrogen-bond donors (Lipinski definition) is 0. The van der Waals surface area contributed by atoms with Gasteiger partial charge in [-0.3, -0.25) is 9.13 Å². The number of anilines is 1. The van der Waals surface area contributed by atoms with Crippen LogP contribution < -0.4 is 10.6 Å². The van der Waals surface area contributed by atoms with Crippen LogP contribution in [0.5, 0.6) is 0 Å². The molecule has 1 saturated heterocycles. The third-order valence-electron chi connectivity index (χ3n) is 6.01. The molecule has 9 heteroatoms. The molecule has 0 N–H and O–H groups in total. The molecule has 166 valence electrons. The third-order valence-corrected chi connectivity index (χ3v) is 8.14. The van der Waals surface area contributed by atoms with Crippen molar-refractivity contribution in [1.82, 2.24) is 13.4 Å². The van der Waals surface area contributed by atoms with Crippen molar-refractivity contribution >= 4 is 38.3 Å². The molecule has 0 saturated carbocycles. The van der Waals surface area contributed by atoms with Crippen molar-refractivity contribution in [1.29, 1.82) is 0 Å². The fourth-order valence-electron chi connectivity index (χ4n) is 4.31. The van der Waals surface area contributed by atoms with Gasteiger partial charge in [0.05, 0.1) is 15.9 Å². The summed E-state index contributed by atoms with van der Waals surface area (Å²) in [5.41, 5.74) is 3.46. The Morgan fingerprint density at radius 1 is 0.903 bits per heavy atom. The van der Waals surface area contributed by atoms with Crippen LogP contribution in [0.1, 0.15) is 19.4 Å². The molecule has 0 radical (unpaired) electrons. The van der Waals surface area contributed by atoms with Gasteiger partial charge in [0.25, 0.3) is 0 Å². The topological polar surface area (TPSA) is 67.5 Å². The Kier molecular flexibility index (Phi) is 5.89. The molecule has 0 amide bonds. The maximum Gasteiger partial charge on any atom is 0.329 e. The van der Waals surface area contributed by atoms with Gasteiger partial charge in [0.1, 0.15) is 0 Å². The molecule has 1 aliphatic rings. The Balaban J connectivity index is 1.61. The minimum absolute atomic E-state index is 0.111. The summed E-state index contributed by atoms with van der Waals surface area (Å²) in [5, 5.41) is 0.671. The van der Waals surface area contributed by atoms with Gasteiger partial charge in [0.2, 0.25) is 10.0 Å². The fraction of sp³-hybridized carbons (Fsp3) is 0.409. The average molecular weight is 463 g/mol. The molecular weight excluding hydrogens is 436 g/mol. The summed E-state index contributed by atoms with van der Waals surface area (Å²) in [6.07, 6.45) is 0. The normalized spacial score (nSPS) is 15.7. The molecule has 0 aliphatic carbocycles. The number of hydrogen-bond acceptors (Lipinski definition) is 4. The molecule has 2 aromatic carbocycles. The first kappa shape index (κ1) is 21.9. The molecule has 31 heavy (non-hydrogen) atoms. The van der Waals surface area contributed by atoms with Gasteiger partial charge < -0.3 is 4.90 Å². The highest BCUT2D eigenvalue weighted by molar-refractivity contribution is 7.89. The molecule has 0 unspecified atom stereocenters. The molecule has 1 aliphatic heterocycles. The van der Waals surface area contributed by atoms with E-state index in [0.29, 0.717) is 49.8 Å². The molecule has 1 fully saturated rings. The minimum Gasteiger partial charge on any atom is -0.369 e. The highest BCUT2D eigenvalue weighted by Crippen LogP contribution is 2.27. The van der Waals surface area contributed by atoms with Crippen LogP contribution in [0.4, 0.5) is 5.69 Å². The quantitative estimate of drug-likeness (QED) is 0.583. The summed E-state index contributed by atoms with van der Waals surface area (Å²) in [5.74, 6) is 0. The van der Waals surface area contributed by atoms with E-state index in [1.165, 1.54) is 4.31 Å². The summed E-state index contributed by atoms with van der Waals surface area (Å²) < 4.78 is 31.5. The van der Waals surface area contributed by atoms with E-state index in [1.54, 1.807) is 27.3 Å². The van der Waals surface area contributed by atoms with Crippen molar-refractivity contribution in [3.05, 3.63) is 57.5 Å². The van der Waals surface area contributed by atoms with Crippen molar-refractivity contribution in [2.75, 3.05) is 31.1 Å². The van der Waals surface area contributed by atoms with Crippen LogP contribution in [0.15, 0.2) is 46.1 Å². The van der Waals surface area contributed by atoms with Gasteiger partial charge in [-0.15, -0.1) is 0 Å². The van der Waals surface area contributed by atoms with Gasteiger partial charge in [0.15, 0.2) is 0 Å². The van der Waals surface area contributed by atoms with Crippen LogP contribution in [-0.4, -0.2) is 48.0 Å². The summed E-state index contributed by atoms with van der Waals surface area (Å²) >= 11 is 6.15. The van der Waals surface area contributed by atoms with Crippen LogP contribution in [-0.2, 0) is 23.1 Å². The van der Waals surface area contributed by atoms with Crippen molar-refractivity contribution < 1.29 is 8.42 Å². The second kappa shape index (κ2) is 8.33. The lowest BCUT2D eigenvalue weighted by molar-refractivity contribution is 0.385. The van der Waals surface area contributed by atoms with E-state index in [0.717, 1.165) is 16.8 Å². The largest absolute Gasteiger partial charge is 0.369 e. The summed E-state index contributed by atoms with van der Waals surface area (Å²) in [4.78, 5) is 15.0. The molecule has 3 aromatic rings. The molecule has 0 bridgehead atoms. The Hall–Kier alpha value is -2.29. The van der Waals surface area contributed by atoms with Gasteiger partial charge in [-0.05, 0) is 56.7 Å². The van der Waals surface area contributed by atoms with Gasteiger partial charge in [-0.2, -0.15) is 4.31 Å². The van der Waals surface area contributed by atoms with Gasteiger partial charge in [-0.25, -0.2) is 13.2 Å². The van der Waals surface area contributed by atoms with Crippen LogP contribution in [0.2, 0.25) is 5.02 Å². The Morgan fingerprint density at radius 3 is 2.19 bits per heavy atom. The summed E-state index contributed by atoms with van der Waals surface area (Å²) in [7, 11) is -3.66. The van der Waals surface area contributed by atoms with Crippen LogP contribution in [0.3, 0.4) is 0 Å². The number of piperazine rings is 1. The van der Waals surface area contributed by atoms with Gasteiger partial charge in [0, 0.05) is 50.0 Å². The Bertz CT molecular complexity index is 1290. The maximum absolute atomic E-state index is 13.3. The summed E-state index contributed by atoms with van der Waals surface area (Å²) in [6.45, 7) is 8.82. The third kappa shape index (κ3) is 3.77. The number of aromatic nitrogens is 2. The standard InChI is InChI=1S/C22H27ClN4O3S/c1-4-26-19-9-8-18(15-21(19)27(5-2)22(26)28)31(29,30)25-12-10-24(11-13-25)20-14-17(23)7-6-16(20)3/h6-9,14-15H,4-5,10-13H2,1-3H3. The number of sulfonamides is 1. The first-order chi connectivity index (χ1) is 14.8. The van der Waals surface area contributed by atoms with Crippen LogP contribution >= 0.6 is 11.6 Å². The first-order valence-corrected chi connectivity index (χ1v) is 12.3. The summed E-state index contributed by atoms with van der Waals surface area (Å²) in [6, 6.07) is 10.7. The smallest absolute Gasteiger partial charge is 0.329 e. The number of imidazole rings is 1. The lowest BCUT2D eigenvalue weighted by Crippen LogP contribution is -2.48. The second-order valence-corrected chi connectivity index (χ2v) is 10.1. The molecular formula is C22H27ClN4O3S. The highest BCUT2D eigenvalue weighted by atomic mass is 35.5. The first-order valence-electron chi connectivity index (χ1n) is 10.5. The number of nitrogens with zero attached hydrogens (tertiary/aromatic N) is 4. The molecule has 2 heterocycles. The average Bonchev–Trinajstić information content (AvgIpc) is 3.05. The number of rotatable bonds is 5. The van der Waals surface area contributed by atoms with Crippen molar-refractivity contribution in [3.63, 3.8) is 0 Å². The lowest BCUT2D eigenvalue weighted by Gasteiger charge is -2.36. The number of benzene rings is 2. The number of halogens is 1. The van der Waals surface area contributed by atoms with E-state index in [2.05, 4.69) is 4.90 Å². The molecule has 0 spiro atoms. The number of fused-ring (bicyclic) bond motifs is 1. The predicted octanol–water partition coefficient (Wildman–Crippen LogP) is 3.32. The lowest BCUT2D eigenvalue weighted by atomic mass is 10.1. The SMILES string of the molecule is CCn1c(=O)n(CC)c2cc(S(=O)(=O)N3CCN(c4cc(Cl)ccc4C)CC3)ccc21. The van der Waals surface area contributed by atoms with Crippen LogP contribution in [0, 0.1) is 6.92 Å². The monoisotopic (exact) mass is 462 g/mol. The molecule has 0 atom stereocenters. The van der Waals surface area contributed by atoms with E-state index >= 15 is 0 Å². The molecule has 7 nitrogen and oxygen atoms in total. The molecule has 1 aromatic heterocycles. The zero-order valence-electron chi connectivity index (χ0n) is 18.0. The maximum atomic E-state index is 13.3.